The minimum atomic E-state index is -1.28. The van der Waals surface area contributed by atoms with E-state index < -0.39 is 22.2 Å². The van der Waals surface area contributed by atoms with Gasteiger partial charge in [0.15, 0.2) is 5.70 Å². The van der Waals surface area contributed by atoms with Crippen LogP contribution < -0.4 is 5.32 Å². The minimum Gasteiger partial charge on any atom is -0.360 e. The second-order valence-electron chi connectivity index (χ2n) is 6.00. The minimum absolute atomic E-state index is 0.181. The van der Waals surface area contributed by atoms with Crippen LogP contribution in [0.5, 0.6) is 0 Å². The first-order valence-electron chi connectivity index (χ1n) is 8.23. The van der Waals surface area contributed by atoms with Crippen LogP contribution in [-0.4, -0.2) is 51.7 Å². The topological polar surface area (TPSA) is 105 Å². The van der Waals surface area contributed by atoms with Gasteiger partial charge < -0.3 is 5.32 Å². The number of benzene rings is 1. The van der Waals surface area contributed by atoms with Crippen molar-refractivity contribution in [3.05, 3.63) is 69.9 Å². The summed E-state index contributed by atoms with van der Waals surface area (Å²) in [6.45, 7) is 3.59. The van der Waals surface area contributed by atoms with Crippen LogP contribution in [0.25, 0.3) is 0 Å². The van der Waals surface area contributed by atoms with Crippen LogP contribution in [0.15, 0.2) is 59.2 Å². The number of nitro groups is 1. The first-order chi connectivity index (χ1) is 13.0. The van der Waals surface area contributed by atoms with E-state index in [9.17, 15) is 19.7 Å². The monoisotopic (exact) mass is 386 g/mol. The Morgan fingerprint density at radius 3 is 2.78 bits per heavy atom. The maximum absolute atomic E-state index is 12.7. The highest BCUT2D eigenvalue weighted by atomic mass is 32.2. The van der Waals surface area contributed by atoms with E-state index in [1.807, 2.05) is 30.3 Å². The van der Waals surface area contributed by atoms with Crippen molar-refractivity contribution >= 4 is 29.4 Å². The molecule has 2 atom stereocenters. The first kappa shape index (κ1) is 18.8. The molecule has 0 aliphatic carbocycles. The quantitative estimate of drug-likeness (QED) is 0.269. The molecule has 2 unspecified atom stereocenters. The van der Waals surface area contributed by atoms with Crippen molar-refractivity contribution in [3.8, 4) is 0 Å². The Morgan fingerprint density at radius 2 is 2.19 bits per heavy atom. The zero-order valence-corrected chi connectivity index (χ0v) is 15.4. The van der Waals surface area contributed by atoms with E-state index in [2.05, 4.69) is 16.9 Å². The van der Waals surface area contributed by atoms with Gasteiger partial charge in [-0.25, -0.2) is 4.79 Å². The predicted molar refractivity (Wildman–Crippen MR) is 103 cm³/mol. The van der Waals surface area contributed by atoms with Crippen molar-refractivity contribution in [2.45, 2.75) is 17.8 Å². The SMILES string of the molecule is C=CC1=C(C(=O)[N+](=O)[O-])N2C(=O)C(NC(Cc3ccccc3)=NC)C2SC1. The average Bonchev–Trinajstić information content (AvgIpc) is 2.69. The standard InChI is InChI=1S/C18H18N4O4S/c1-3-12-10-27-18-14(16(23)21(18)15(12)17(24)22(25)26)20-13(19-2)9-11-7-5-4-6-8-11/h3-8,14,18H,1,9-10H2,2H3,(H,19,20). The number of hydrogen-bond donors (Lipinski definition) is 1. The third-order valence-corrected chi connectivity index (χ3v) is 5.72. The summed E-state index contributed by atoms with van der Waals surface area (Å²) in [6, 6.07) is 9.11. The summed E-state index contributed by atoms with van der Waals surface area (Å²) in [7, 11) is 1.64. The molecule has 0 bridgehead atoms. The van der Waals surface area contributed by atoms with Gasteiger partial charge in [0, 0.05) is 19.2 Å². The van der Waals surface area contributed by atoms with Gasteiger partial charge in [-0.05, 0) is 11.1 Å². The predicted octanol–water partition coefficient (Wildman–Crippen LogP) is 1.37. The van der Waals surface area contributed by atoms with Gasteiger partial charge in [0.25, 0.3) is 5.91 Å². The molecule has 2 aliphatic rings. The third kappa shape index (κ3) is 3.50. The third-order valence-electron chi connectivity index (χ3n) is 4.42. The Hall–Kier alpha value is -2.94. The van der Waals surface area contributed by atoms with Crippen molar-refractivity contribution < 1.29 is 14.5 Å². The molecule has 0 radical (unpaired) electrons. The number of fused-ring (bicyclic) bond motifs is 1. The number of thioether (sulfide) groups is 1. The molecule has 2 amide bonds. The maximum Gasteiger partial charge on any atom is 0.493 e. The van der Waals surface area contributed by atoms with E-state index in [0.29, 0.717) is 23.6 Å². The van der Waals surface area contributed by atoms with Gasteiger partial charge in [-0.2, -0.15) is 0 Å². The van der Waals surface area contributed by atoms with Crippen LogP contribution in [0.4, 0.5) is 0 Å². The normalized spacial score (nSPS) is 22.0. The number of nitrogens with zero attached hydrogens (tertiary/aromatic N) is 3. The molecule has 9 heteroatoms. The Labute approximate surface area is 160 Å². The Kier molecular flexibility index (Phi) is 5.41. The summed E-state index contributed by atoms with van der Waals surface area (Å²) in [5.41, 5.74) is 1.27. The summed E-state index contributed by atoms with van der Waals surface area (Å²) in [5, 5.41) is 13.7. The van der Waals surface area contributed by atoms with Crippen LogP contribution in [0.2, 0.25) is 0 Å². The van der Waals surface area contributed by atoms with Gasteiger partial charge >= 0.3 is 5.91 Å². The van der Waals surface area contributed by atoms with Gasteiger partial charge in [-0.15, -0.1) is 11.8 Å². The molecule has 1 fully saturated rings. The lowest BCUT2D eigenvalue weighted by Gasteiger charge is -2.49. The first-order valence-corrected chi connectivity index (χ1v) is 9.28. The van der Waals surface area contributed by atoms with E-state index in [-0.39, 0.29) is 11.6 Å². The van der Waals surface area contributed by atoms with Crippen molar-refractivity contribution in [1.29, 1.82) is 0 Å². The van der Waals surface area contributed by atoms with Gasteiger partial charge in [0.2, 0.25) is 0 Å². The fraction of sp³-hybridized carbons (Fsp3) is 0.278. The fourth-order valence-electron chi connectivity index (χ4n) is 3.05. The number of amides is 2. The molecular formula is C18H18N4O4S. The van der Waals surface area contributed by atoms with Crippen LogP contribution in [0.3, 0.4) is 0 Å². The zero-order valence-electron chi connectivity index (χ0n) is 14.6. The highest BCUT2D eigenvalue weighted by Crippen LogP contribution is 2.40. The lowest BCUT2D eigenvalue weighted by Crippen LogP contribution is -2.70. The summed E-state index contributed by atoms with van der Waals surface area (Å²) in [6.07, 6.45) is 1.93. The number of carbonyl (C=O) groups excluding carboxylic acids is 2. The number of rotatable bonds is 5. The van der Waals surface area contributed by atoms with Gasteiger partial charge in [-0.1, -0.05) is 43.0 Å². The zero-order chi connectivity index (χ0) is 19.6. The van der Waals surface area contributed by atoms with Crippen LogP contribution >= 0.6 is 11.8 Å². The number of allylic oxidation sites excluding steroid dienone is 1. The van der Waals surface area contributed by atoms with Crippen molar-refractivity contribution in [3.63, 3.8) is 0 Å². The lowest BCUT2D eigenvalue weighted by atomic mass is 10.0. The van der Waals surface area contributed by atoms with Crippen molar-refractivity contribution in [2.75, 3.05) is 12.8 Å². The van der Waals surface area contributed by atoms with E-state index in [4.69, 9.17) is 0 Å². The molecule has 2 aliphatic heterocycles. The van der Waals surface area contributed by atoms with Crippen LogP contribution in [0.1, 0.15) is 5.56 Å². The number of carbonyl (C=O) groups is 2. The Morgan fingerprint density at radius 1 is 1.48 bits per heavy atom. The molecule has 2 heterocycles. The van der Waals surface area contributed by atoms with E-state index in [1.54, 1.807) is 7.05 Å². The lowest BCUT2D eigenvalue weighted by molar-refractivity contribution is -0.398. The summed E-state index contributed by atoms with van der Waals surface area (Å²) in [4.78, 5) is 40.0. The van der Waals surface area contributed by atoms with E-state index in [0.717, 1.165) is 5.56 Å². The number of β-lactam (4-membered cyclic amide) rings is 1. The molecule has 3 rings (SSSR count). The largest absolute Gasteiger partial charge is 0.493 e. The smallest absolute Gasteiger partial charge is 0.360 e. The van der Waals surface area contributed by atoms with Gasteiger partial charge in [0.05, 0.1) is 0 Å². The second-order valence-corrected chi connectivity index (χ2v) is 7.11. The maximum atomic E-state index is 12.7. The molecule has 27 heavy (non-hydrogen) atoms. The van der Waals surface area contributed by atoms with Crippen molar-refractivity contribution in [2.24, 2.45) is 4.99 Å². The molecule has 8 nitrogen and oxygen atoms in total. The molecular weight excluding hydrogens is 368 g/mol. The molecule has 0 spiro atoms. The van der Waals surface area contributed by atoms with Crippen LogP contribution in [0, 0.1) is 10.1 Å². The number of amidine groups is 1. The Bertz CT molecular complexity index is 865. The molecule has 1 aromatic rings. The van der Waals surface area contributed by atoms with E-state index >= 15 is 0 Å². The highest BCUT2D eigenvalue weighted by Gasteiger charge is 2.55. The molecule has 1 saturated heterocycles. The molecule has 0 saturated carbocycles. The summed E-state index contributed by atoms with van der Waals surface area (Å²) >= 11 is 1.43. The van der Waals surface area contributed by atoms with Crippen molar-refractivity contribution in [1.82, 2.24) is 10.2 Å². The van der Waals surface area contributed by atoms with Crippen LogP contribution in [-0.2, 0) is 16.0 Å². The number of nitrogens with one attached hydrogen (secondary N) is 1. The Balaban J connectivity index is 1.77. The highest BCUT2D eigenvalue weighted by molar-refractivity contribution is 8.00. The average molecular weight is 386 g/mol. The van der Waals surface area contributed by atoms with Gasteiger partial charge in [0.1, 0.15) is 22.2 Å². The number of hydrogen-bond acceptors (Lipinski definition) is 6. The van der Waals surface area contributed by atoms with Gasteiger partial charge in [-0.3, -0.25) is 24.8 Å². The number of aliphatic imine (C=N–C) groups is 1. The molecule has 1 N–H and O–H groups in total. The summed E-state index contributed by atoms with van der Waals surface area (Å²) < 4.78 is 0. The fourth-order valence-corrected chi connectivity index (χ4v) is 4.39. The molecule has 0 aromatic heterocycles. The molecule has 1 aromatic carbocycles. The second kappa shape index (κ2) is 7.75. The molecule has 140 valence electrons. The van der Waals surface area contributed by atoms with E-state index in [1.165, 1.54) is 22.7 Å². The summed E-state index contributed by atoms with van der Waals surface area (Å²) in [5.74, 6) is -0.649.